The van der Waals surface area contributed by atoms with E-state index in [1.165, 1.54) is 12.1 Å². The van der Waals surface area contributed by atoms with Crippen molar-refractivity contribution >= 4 is 32.7 Å². The number of carbonyl (C=O) groups excluding carboxylic acids is 1. The van der Waals surface area contributed by atoms with Crippen LogP contribution in [0.25, 0.3) is 10.9 Å². The number of nitrogens with one attached hydrogen (secondary N) is 1. The average Bonchev–Trinajstić information content (AvgIpc) is 2.98. The summed E-state index contributed by atoms with van der Waals surface area (Å²) < 4.78 is 31.3. The van der Waals surface area contributed by atoms with Gasteiger partial charge < -0.3 is 9.88 Å². The molecule has 1 atom stereocenters. The summed E-state index contributed by atoms with van der Waals surface area (Å²) in [7, 11) is 0. The fraction of sp³-hybridized carbons (Fsp3) is 0.348. The van der Waals surface area contributed by atoms with Crippen molar-refractivity contribution in [3.8, 4) is 0 Å². The first-order chi connectivity index (χ1) is 13.8. The monoisotopic (exact) mass is 460 g/mol. The molecule has 1 aromatic heterocycles. The van der Waals surface area contributed by atoms with Crippen molar-refractivity contribution in [2.45, 2.75) is 45.7 Å². The largest absolute Gasteiger partial charge is 0.353 e. The lowest BCUT2D eigenvalue weighted by molar-refractivity contribution is -0.124. The van der Waals surface area contributed by atoms with Gasteiger partial charge in [0, 0.05) is 29.6 Å². The Kier molecular flexibility index (Phi) is 5.47. The Hall–Kier alpha value is -2.21. The Morgan fingerprint density at radius 3 is 2.79 bits per heavy atom. The van der Waals surface area contributed by atoms with E-state index in [2.05, 4.69) is 25.8 Å². The molecule has 0 radical (unpaired) electrons. The zero-order valence-corrected chi connectivity index (χ0v) is 18.0. The van der Waals surface area contributed by atoms with Crippen molar-refractivity contribution in [2.75, 3.05) is 0 Å². The molecule has 1 amide bonds. The molecule has 4 rings (SSSR count). The molecule has 3 nitrogen and oxygen atoms in total. The summed E-state index contributed by atoms with van der Waals surface area (Å²) in [4.78, 5) is 12.2. The zero-order valence-electron chi connectivity index (χ0n) is 16.4. The minimum absolute atomic E-state index is 0.0102. The number of hydrogen-bond donors (Lipinski definition) is 1. The molecule has 6 heteroatoms. The molecule has 1 heterocycles. The molecular weight excluding hydrogens is 438 g/mol. The van der Waals surface area contributed by atoms with Gasteiger partial charge in [0.2, 0.25) is 5.91 Å². The molecule has 0 bridgehead atoms. The molecule has 0 saturated carbocycles. The predicted molar refractivity (Wildman–Crippen MR) is 114 cm³/mol. The molecule has 0 spiro atoms. The van der Waals surface area contributed by atoms with Gasteiger partial charge in [-0.05, 0) is 70.6 Å². The summed E-state index contributed by atoms with van der Waals surface area (Å²) in [6.45, 7) is 4.21. The summed E-state index contributed by atoms with van der Waals surface area (Å²) in [5.41, 5.74) is 3.64. The summed E-state index contributed by atoms with van der Waals surface area (Å²) in [6.07, 6.45) is 2.13. The van der Waals surface area contributed by atoms with Crippen LogP contribution in [0.15, 0.2) is 40.9 Å². The number of hydrogen-bond acceptors (Lipinski definition) is 1. The van der Waals surface area contributed by atoms with Crippen LogP contribution in [0.5, 0.6) is 0 Å². The molecule has 1 aliphatic carbocycles. The number of nitrogens with zero attached hydrogens (tertiary/aromatic N) is 1. The maximum Gasteiger partial charge on any atom is 0.222 e. The van der Waals surface area contributed by atoms with Crippen LogP contribution in [-0.2, 0) is 24.2 Å². The van der Waals surface area contributed by atoms with E-state index in [1.807, 2.05) is 26.0 Å². The normalized spacial score (nSPS) is 16.3. The van der Waals surface area contributed by atoms with Gasteiger partial charge in [-0.2, -0.15) is 0 Å². The van der Waals surface area contributed by atoms with E-state index >= 15 is 4.39 Å². The van der Waals surface area contributed by atoms with E-state index in [4.69, 9.17) is 0 Å². The minimum Gasteiger partial charge on any atom is -0.353 e. The standard InChI is InChI=1S/C23H23BrF2N2O/c1-13(2)23(29)27-16-6-8-19-17(11-16)21-20(9-7-18(24)22(21)26)28(19)12-14-4-3-5-15(25)10-14/h3-5,7,9-10,13,16H,6,8,11-12H2,1-2H3,(H,27,29). The SMILES string of the molecule is CC(C)C(=O)NC1CCc2c(c3c(F)c(Br)ccc3n2Cc2cccc(F)c2)C1. The van der Waals surface area contributed by atoms with Crippen LogP contribution in [0.3, 0.4) is 0 Å². The maximum absolute atomic E-state index is 15.1. The molecule has 0 fully saturated rings. The molecule has 0 aliphatic heterocycles. The first kappa shape index (κ1) is 20.1. The molecule has 0 saturated heterocycles. The highest BCUT2D eigenvalue weighted by Crippen LogP contribution is 2.37. The molecular formula is C23H23BrF2N2O. The fourth-order valence-corrected chi connectivity index (χ4v) is 4.49. The third-order valence-electron chi connectivity index (χ3n) is 5.62. The van der Waals surface area contributed by atoms with Crippen LogP contribution in [-0.4, -0.2) is 16.5 Å². The van der Waals surface area contributed by atoms with Gasteiger partial charge in [0.25, 0.3) is 0 Å². The highest BCUT2D eigenvalue weighted by Gasteiger charge is 2.29. The van der Waals surface area contributed by atoms with Crippen LogP contribution >= 0.6 is 15.9 Å². The number of aromatic nitrogens is 1. The van der Waals surface area contributed by atoms with Crippen LogP contribution < -0.4 is 5.32 Å². The van der Waals surface area contributed by atoms with Gasteiger partial charge in [-0.3, -0.25) is 4.79 Å². The van der Waals surface area contributed by atoms with Gasteiger partial charge in [-0.15, -0.1) is 0 Å². The Morgan fingerprint density at radius 1 is 1.28 bits per heavy atom. The number of halogens is 3. The van der Waals surface area contributed by atoms with Gasteiger partial charge in [0.05, 0.1) is 9.99 Å². The topological polar surface area (TPSA) is 34.0 Å². The summed E-state index contributed by atoms with van der Waals surface area (Å²) in [5.74, 6) is -0.633. The predicted octanol–water partition coefficient (Wildman–Crippen LogP) is 5.36. The quantitative estimate of drug-likeness (QED) is 0.558. The Bertz CT molecular complexity index is 1090. The van der Waals surface area contributed by atoms with Crippen molar-refractivity contribution in [3.63, 3.8) is 0 Å². The van der Waals surface area contributed by atoms with Crippen molar-refractivity contribution < 1.29 is 13.6 Å². The molecule has 1 unspecified atom stereocenters. The maximum atomic E-state index is 15.1. The van der Waals surface area contributed by atoms with Gasteiger partial charge in [0.15, 0.2) is 0 Å². The van der Waals surface area contributed by atoms with Gasteiger partial charge in [-0.25, -0.2) is 8.78 Å². The van der Waals surface area contributed by atoms with Crippen molar-refractivity contribution in [2.24, 2.45) is 5.92 Å². The molecule has 1 aliphatic rings. The molecule has 29 heavy (non-hydrogen) atoms. The van der Waals surface area contributed by atoms with Gasteiger partial charge in [-0.1, -0.05) is 26.0 Å². The Labute approximate surface area is 177 Å². The van der Waals surface area contributed by atoms with Crippen LogP contribution in [0.4, 0.5) is 8.78 Å². The third kappa shape index (κ3) is 3.82. The highest BCUT2D eigenvalue weighted by atomic mass is 79.9. The number of rotatable bonds is 4. The van der Waals surface area contributed by atoms with E-state index in [0.29, 0.717) is 22.8 Å². The minimum atomic E-state index is -0.285. The second-order valence-corrected chi connectivity index (χ2v) is 8.85. The van der Waals surface area contributed by atoms with Crippen LogP contribution in [0, 0.1) is 17.6 Å². The van der Waals surface area contributed by atoms with Crippen LogP contribution in [0.1, 0.15) is 37.1 Å². The van der Waals surface area contributed by atoms with Crippen LogP contribution in [0.2, 0.25) is 0 Å². The summed E-state index contributed by atoms with van der Waals surface area (Å²) in [5, 5.41) is 3.68. The van der Waals surface area contributed by atoms with Crippen molar-refractivity contribution in [3.05, 3.63) is 69.3 Å². The Balaban J connectivity index is 1.78. The molecule has 3 aromatic rings. The fourth-order valence-electron chi connectivity index (χ4n) is 4.16. The zero-order chi connectivity index (χ0) is 20.7. The van der Waals surface area contributed by atoms with Crippen molar-refractivity contribution in [1.82, 2.24) is 9.88 Å². The summed E-state index contributed by atoms with van der Waals surface area (Å²) >= 11 is 3.30. The van der Waals surface area contributed by atoms with Gasteiger partial charge >= 0.3 is 0 Å². The molecule has 1 N–H and O–H groups in total. The van der Waals surface area contributed by atoms with Crippen molar-refractivity contribution in [1.29, 1.82) is 0 Å². The lowest BCUT2D eigenvalue weighted by Gasteiger charge is -2.26. The molecule has 152 valence electrons. The number of fused-ring (bicyclic) bond motifs is 3. The first-order valence-corrected chi connectivity index (χ1v) is 10.7. The first-order valence-electron chi connectivity index (χ1n) is 9.88. The van der Waals surface area contributed by atoms with E-state index in [0.717, 1.165) is 35.2 Å². The van der Waals surface area contributed by atoms with E-state index in [9.17, 15) is 9.18 Å². The third-order valence-corrected chi connectivity index (χ3v) is 6.23. The molecule has 2 aromatic carbocycles. The lowest BCUT2D eigenvalue weighted by atomic mass is 9.91. The Morgan fingerprint density at radius 2 is 2.07 bits per heavy atom. The van der Waals surface area contributed by atoms with E-state index < -0.39 is 0 Å². The van der Waals surface area contributed by atoms with E-state index in [1.54, 1.807) is 12.1 Å². The number of carbonyl (C=O) groups is 1. The average molecular weight is 461 g/mol. The summed E-state index contributed by atoms with van der Waals surface area (Å²) in [6, 6.07) is 10.1. The van der Waals surface area contributed by atoms with Gasteiger partial charge in [0.1, 0.15) is 11.6 Å². The van der Waals surface area contributed by atoms with E-state index in [-0.39, 0.29) is 29.5 Å². The second kappa shape index (κ2) is 7.90. The number of amides is 1. The number of benzene rings is 2. The smallest absolute Gasteiger partial charge is 0.222 e. The lowest BCUT2D eigenvalue weighted by Crippen LogP contribution is -2.41. The second-order valence-electron chi connectivity index (χ2n) is 8.00. The highest BCUT2D eigenvalue weighted by molar-refractivity contribution is 9.10.